The molecule has 5 heteroatoms. The maximum absolute atomic E-state index is 8.98. The van der Waals surface area contributed by atoms with Gasteiger partial charge in [0.25, 0.3) is 0 Å². The Hall–Kier alpha value is 1.31. The summed E-state index contributed by atoms with van der Waals surface area (Å²) in [4.78, 5) is 8.98. The van der Waals surface area contributed by atoms with Gasteiger partial charge in [-0.2, -0.15) is 0 Å². The summed E-state index contributed by atoms with van der Waals surface area (Å²) in [5, 5.41) is 0. The smallest absolute Gasteiger partial charge is 0.171 e. The van der Waals surface area contributed by atoms with Crippen molar-refractivity contribution in [2.75, 3.05) is 12.5 Å². The Morgan fingerprint density at radius 2 is 1.71 bits per heavy atom. The molecule has 1 nitrogen and oxygen atoms in total. The maximum atomic E-state index is 8.98. The first kappa shape index (κ1) is 8.31. The van der Waals surface area contributed by atoms with Crippen LogP contribution in [-0.2, 0) is 11.8 Å². The lowest BCUT2D eigenvalue weighted by Crippen LogP contribution is -1.57. The van der Waals surface area contributed by atoms with Gasteiger partial charge in [-0.25, -0.2) is 0 Å². The number of hydrogen-bond donors (Lipinski definition) is 1. The Morgan fingerprint density at radius 1 is 1.43 bits per heavy atom. The van der Waals surface area contributed by atoms with Gasteiger partial charge in [-0.05, 0) is 24.3 Å². The first-order chi connectivity index (χ1) is 3.12. The van der Waals surface area contributed by atoms with Gasteiger partial charge in [0.05, 0.1) is 0 Å². The fourth-order valence-corrected chi connectivity index (χ4v) is 2.01. The summed E-state index contributed by atoms with van der Waals surface area (Å²) in [6, 6.07) is 0. The van der Waals surface area contributed by atoms with Gasteiger partial charge in [-0.3, -0.25) is 0 Å². The Labute approximate surface area is 56.8 Å². The van der Waals surface area contributed by atoms with E-state index in [1.54, 1.807) is 0 Å². The van der Waals surface area contributed by atoms with E-state index in [0.29, 0.717) is 0 Å². The zero-order valence-electron chi connectivity index (χ0n) is 4.12. The van der Waals surface area contributed by atoms with E-state index in [-0.39, 0.29) is 0 Å². The lowest BCUT2D eigenvalue weighted by atomic mass is 12.0. The lowest BCUT2D eigenvalue weighted by molar-refractivity contribution is 0.654. The molecule has 0 radical (unpaired) electrons. The lowest BCUT2D eigenvalue weighted by Gasteiger charge is -2.04. The first-order valence-electron chi connectivity index (χ1n) is 1.56. The van der Waals surface area contributed by atoms with Crippen LogP contribution in [0, 0.1) is 0 Å². The van der Waals surface area contributed by atoms with Crippen LogP contribution < -0.4 is 0 Å². The van der Waals surface area contributed by atoms with E-state index < -0.39 is 4.67 Å². The summed E-state index contributed by atoms with van der Waals surface area (Å²) < 4.78 is -1.99. The number of rotatable bonds is 2. The van der Waals surface area contributed by atoms with Gasteiger partial charge < -0.3 is 4.89 Å². The molecule has 0 spiro atoms. The molecule has 0 aliphatic rings. The topological polar surface area (TPSA) is 20.2 Å². The summed E-state index contributed by atoms with van der Waals surface area (Å²) in [5.74, 6) is 0. The molecule has 1 N–H and O–H groups in total. The van der Waals surface area contributed by atoms with Crippen LogP contribution in [0.3, 0.4) is 0 Å². The molecule has 0 aromatic rings. The molecule has 0 unspecified atom stereocenters. The molecule has 0 saturated carbocycles. The van der Waals surface area contributed by atoms with Gasteiger partial charge in [0, 0.05) is 0 Å². The summed E-state index contributed by atoms with van der Waals surface area (Å²) >= 11 is 7.48. The van der Waals surface area contributed by atoms with Crippen molar-refractivity contribution < 1.29 is 4.89 Å². The minimum absolute atomic E-state index is 1.37. The van der Waals surface area contributed by atoms with Crippen molar-refractivity contribution in [2.45, 2.75) is 0 Å². The fraction of sp³-hybridized carbons (Fsp3) is 1.00. The molecular formula is C2H7OPS3. The van der Waals surface area contributed by atoms with Gasteiger partial charge in [-0.1, -0.05) is 22.8 Å². The highest BCUT2D eigenvalue weighted by Gasteiger charge is 2.05. The van der Waals surface area contributed by atoms with Crippen molar-refractivity contribution in [1.29, 1.82) is 0 Å². The van der Waals surface area contributed by atoms with Crippen LogP contribution in [0.4, 0.5) is 0 Å². The normalized spacial score (nSPS) is 11.9. The van der Waals surface area contributed by atoms with E-state index >= 15 is 0 Å². The molecule has 0 amide bonds. The van der Waals surface area contributed by atoms with Crippen molar-refractivity contribution in [3.8, 4) is 0 Å². The SMILES string of the molecule is CSP(O)(=S)SC. The minimum Gasteiger partial charge on any atom is -0.350 e. The highest BCUT2D eigenvalue weighted by molar-refractivity contribution is 8.98. The molecule has 0 atom stereocenters. The van der Waals surface area contributed by atoms with E-state index in [9.17, 15) is 0 Å². The van der Waals surface area contributed by atoms with Crippen LogP contribution >= 0.6 is 27.4 Å². The van der Waals surface area contributed by atoms with E-state index in [0.717, 1.165) is 0 Å². The standard InChI is InChI=1S/C2H7OPS3/c1-6-4(3,5)7-2/h1-2H3,(H,3,5). The van der Waals surface area contributed by atoms with Crippen LogP contribution in [0.5, 0.6) is 0 Å². The highest BCUT2D eigenvalue weighted by atomic mass is 33.2. The molecule has 0 aliphatic heterocycles. The Kier molecular flexibility index (Phi) is 3.99. The summed E-state index contributed by atoms with van der Waals surface area (Å²) in [6.07, 6.45) is 3.66. The van der Waals surface area contributed by atoms with Crippen LogP contribution in [0.15, 0.2) is 0 Å². The van der Waals surface area contributed by atoms with E-state index in [1.165, 1.54) is 22.8 Å². The third-order valence-corrected chi connectivity index (χ3v) is 9.52. The first-order valence-corrected chi connectivity index (χ1v) is 7.98. The van der Waals surface area contributed by atoms with Gasteiger partial charge in [0.15, 0.2) is 4.67 Å². The molecule has 0 rings (SSSR count). The summed E-state index contributed by atoms with van der Waals surface area (Å²) in [5.41, 5.74) is 0. The Balaban J connectivity index is 3.61. The third kappa shape index (κ3) is 3.86. The summed E-state index contributed by atoms with van der Waals surface area (Å²) in [6.45, 7) is 0. The number of hydrogen-bond acceptors (Lipinski definition) is 3. The van der Waals surface area contributed by atoms with Gasteiger partial charge in [0.1, 0.15) is 0 Å². The van der Waals surface area contributed by atoms with Crippen LogP contribution in [0.2, 0.25) is 0 Å². The zero-order valence-corrected chi connectivity index (χ0v) is 7.46. The van der Waals surface area contributed by atoms with E-state index in [4.69, 9.17) is 16.7 Å². The molecule has 0 aromatic heterocycles. The van der Waals surface area contributed by atoms with Crippen molar-refractivity contribution >= 4 is 39.2 Å². The van der Waals surface area contributed by atoms with Gasteiger partial charge >= 0.3 is 0 Å². The Morgan fingerprint density at radius 3 is 1.71 bits per heavy atom. The second kappa shape index (κ2) is 3.36. The monoisotopic (exact) mass is 174 g/mol. The third-order valence-electron chi connectivity index (χ3n) is 0.461. The molecule has 0 bridgehead atoms. The molecule has 0 fully saturated rings. The molecule has 0 heterocycles. The molecule has 0 aliphatic carbocycles. The predicted molar refractivity (Wildman–Crippen MR) is 43.5 cm³/mol. The summed E-state index contributed by atoms with van der Waals surface area (Å²) in [7, 11) is 0. The van der Waals surface area contributed by atoms with Crippen molar-refractivity contribution in [2.24, 2.45) is 0 Å². The average molecular weight is 174 g/mol. The molecule has 7 heavy (non-hydrogen) atoms. The quantitative estimate of drug-likeness (QED) is 0.645. The molecular weight excluding hydrogens is 167 g/mol. The second-order valence-corrected chi connectivity index (χ2v) is 11.5. The highest BCUT2D eigenvalue weighted by Crippen LogP contribution is 2.63. The van der Waals surface area contributed by atoms with Crippen molar-refractivity contribution in [3.63, 3.8) is 0 Å². The van der Waals surface area contributed by atoms with Gasteiger partial charge in [-0.15, -0.1) is 0 Å². The van der Waals surface area contributed by atoms with Crippen LogP contribution in [-0.4, -0.2) is 17.4 Å². The Bertz CT molecular complexity index is 84.9. The maximum Gasteiger partial charge on any atom is 0.171 e. The average Bonchev–Trinajstić information content (AvgIpc) is 1.68. The minimum atomic E-state index is -1.99. The molecule has 0 aromatic carbocycles. The van der Waals surface area contributed by atoms with E-state index in [2.05, 4.69) is 0 Å². The molecule has 0 saturated heterocycles. The van der Waals surface area contributed by atoms with Crippen molar-refractivity contribution in [1.82, 2.24) is 0 Å². The van der Waals surface area contributed by atoms with E-state index in [1.807, 2.05) is 12.5 Å². The van der Waals surface area contributed by atoms with Crippen LogP contribution in [0.25, 0.3) is 0 Å². The second-order valence-electron chi connectivity index (χ2n) is 0.834. The fourth-order valence-electron chi connectivity index (χ4n) is 0.0745. The van der Waals surface area contributed by atoms with Crippen LogP contribution in [0.1, 0.15) is 0 Å². The predicted octanol–water partition coefficient (Wildman–Crippen LogP) is 1.93. The van der Waals surface area contributed by atoms with Gasteiger partial charge in [0.2, 0.25) is 0 Å². The largest absolute Gasteiger partial charge is 0.350 e. The molecule has 44 valence electrons. The van der Waals surface area contributed by atoms with Crippen molar-refractivity contribution in [3.05, 3.63) is 0 Å². The zero-order chi connectivity index (χ0) is 5.91.